The number of phenols is 1. The molecule has 0 fully saturated rings. The molecule has 1 rings (SSSR count). The van der Waals surface area contributed by atoms with Crippen molar-refractivity contribution in [3.8, 4) is 5.75 Å². The first-order chi connectivity index (χ1) is 6.74. The van der Waals surface area contributed by atoms with Crippen LogP contribution in [-0.2, 0) is 6.42 Å². The second kappa shape index (κ2) is 10.1. The van der Waals surface area contributed by atoms with Crippen molar-refractivity contribution >= 4 is 0 Å². The predicted octanol–water partition coefficient (Wildman–Crippen LogP) is 4.32. The molecule has 82 valence electrons. The molecule has 1 aromatic rings. The smallest absolute Gasteiger partial charge is 0.118 e. The Labute approximate surface area is 88.8 Å². The van der Waals surface area contributed by atoms with Crippen LogP contribution in [0.2, 0.25) is 0 Å². The summed E-state index contributed by atoms with van der Waals surface area (Å²) in [6.45, 7) is 12.0. The minimum absolute atomic E-state index is 0.386. The van der Waals surface area contributed by atoms with Gasteiger partial charge < -0.3 is 5.11 Å². The minimum atomic E-state index is 0.386. The predicted molar refractivity (Wildman–Crippen MR) is 64.9 cm³/mol. The van der Waals surface area contributed by atoms with E-state index in [9.17, 15) is 0 Å². The van der Waals surface area contributed by atoms with Crippen LogP contribution < -0.4 is 0 Å². The quantitative estimate of drug-likeness (QED) is 0.709. The van der Waals surface area contributed by atoms with Crippen molar-refractivity contribution < 1.29 is 5.11 Å². The summed E-state index contributed by atoms with van der Waals surface area (Å²) in [7, 11) is 0. The van der Waals surface area contributed by atoms with Crippen molar-refractivity contribution in [2.45, 2.75) is 48.0 Å². The van der Waals surface area contributed by atoms with E-state index in [1.807, 2.05) is 46.8 Å². The van der Waals surface area contributed by atoms with E-state index in [4.69, 9.17) is 5.11 Å². The first-order valence-corrected chi connectivity index (χ1v) is 5.52. The number of aromatic hydroxyl groups is 1. The monoisotopic (exact) mass is 196 g/mol. The molecule has 1 aromatic carbocycles. The van der Waals surface area contributed by atoms with E-state index in [2.05, 4.69) is 6.92 Å². The lowest BCUT2D eigenvalue weighted by Crippen LogP contribution is -1.80. The third kappa shape index (κ3) is 5.63. The molecule has 0 radical (unpaired) electrons. The zero-order valence-electron chi connectivity index (χ0n) is 10.4. The van der Waals surface area contributed by atoms with E-state index in [0.29, 0.717) is 5.75 Å². The maximum absolute atomic E-state index is 9.14. The summed E-state index contributed by atoms with van der Waals surface area (Å²) in [6.07, 6.45) is 1.03. The summed E-state index contributed by atoms with van der Waals surface area (Å²) in [5.74, 6) is 0.386. The van der Waals surface area contributed by atoms with Gasteiger partial charge in [-0.05, 0) is 30.5 Å². The van der Waals surface area contributed by atoms with E-state index in [-0.39, 0.29) is 0 Å². The molecule has 0 saturated carbocycles. The van der Waals surface area contributed by atoms with Crippen molar-refractivity contribution in [1.82, 2.24) is 0 Å². The molecular formula is C13H24O. The third-order valence-electron chi connectivity index (χ3n) is 1.67. The highest BCUT2D eigenvalue weighted by Gasteiger charge is 1.94. The van der Waals surface area contributed by atoms with Gasteiger partial charge in [-0.3, -0.25) is 0 Å². The molecule has 1 heteroatoms. The molecule has 0 spiro atoms. The molecule has 0 bridgehead atoms. The summed E-state index contributed by atoms with van der Waals surface area (Å²) in [5.41, 5.74) is 2.23. The van der Waals surface area contributed by atoms with E-state index in [1.165, 1.54) is 5.56 Å². The van der Waals surface area contributed by atoms with Gasteiger partial charge in [-0.2, -0.15) is 0 Å². The number of rotatable bonds is 1. The molecule has 0 aliphatic rings. The highest BCUT2D eigenvalue weighted by atomic mass is 16.3. The van der Waals surface area contributed by atoms with Crippen LogP contribution in [-0.4, -0.2) is 5.11 Å². The van der Waals surface area contributed by atoms with Gasteiger partial charge in [-0.25, -0.2) is 0 Å². The van der Waals surface area contributed by atoms with Gasteiger partial charge in [0.1, 0.15) is 5.75 Å². The number of phenolic OH excluding ortho intramolecular Hbond substituents is 1. The first-order valence-electron chi connectivity index (χ1n) is 5.52. The van der Waals surface area contributed by atoms with Crippen molar-refractivity contribution in [2.75, 3.05) is 0 Å². The number of aryl methyl sites for hydroxylation is 2. The van der Waals surface area contributed by atoms with Gasteiger partial charge in [-0.15, -0.1) is 0 Å². The Bertz CT molecular complexity index is 229. The van der Waals surface area contributed by atoms with Crippen LogP contribution in [0.1, 0.15) is 45.7 Å². The van der Waals surface area contributed by atoms with Crippen LogP contribution in [0, 0.1) is 6.92 Å². The molecule has 0 aromatic heterocycles. The average Bonchev–Trinajstić information content (AvgIpc) is 2.28. The van der Waals surface area contributed by atoms with E-state index >= 15 is 0 Å². The van der Waals surface area contributed by atoms with Crippen LogP contribution >= 0.6 is 0 Å². The van der Waals surface area contributed by atoms with Crippen LogP contribution in [0.15, 0.2) is 18.2 Å². The summed E-state index contributed by atoms with van der Waals surface area (Å²) in [4.78, 5) is 0. The molecule has 1 nitrogen and oxygen atoms in total. The Balaban J connectivity index is 0. The molecule has 0 atom stereocenters. The lowest BCUT2D eigenvalue weighted by Gasteiger charge is -1.99. The van der Waals surface area contributed by atoms with Crippen molar-refractivity contribution in [3.63, 3.8) is 0 Å². The fourth-order valence-electron chi connectivity index (χ4n) is 0.937. The molecule has 0 amide bonds. The average molecular weight is 196 g/mol. The van der Waals surface area contributed by atoms with Gasteiger partial charge in [-0.1, -0.05) is 46.8 Å². The topological polar surface area (TPSA) is 20.2 Å². The first kappa shape index (κ1) is 15.5. The molecule has 0 saturated heterocycles. The van der Waals surface area contributed by atoms with E-state index in [1.54, 1.807) is 6.07 Å². The van der Waals surface area contributed by atoms with Crippen molar-refractivity contribution in [2.24, 2.45) is 0 Å². The third-order valence-corrected chi connectivity index (χ3v) is 1.67. The van der Waals surface area contributed by atoms with E-state index < -0.39 is 0 Å². The van der Waals surface area contributed by atoms with Gasteiger partial charge >= 0.3 is 0 Å². The Hall–Kier alpha value is -0.980. The SMILES string of the molecule is CC.CC.CCc1ccc(O)c(C)c1. The molecular weight excluding hydrogens is 172 g/mol. The summed E-state index contributed by atoms with van der Waals surface area (Å²) >= 11 is 0. The van der Waals surface area contributed by atoms with Gasteiger partial charge in [0.05, 0.1) is 0 Å². The largest absolute Gasteiger partial charge is 0.508 e. The van der Waals surface area contributed by atoms with Gasteiger partial charge in [0.2, 0.25) is 0 Å². The number of hydrogen-bond donors (Lipinski definition) is 1. The summed E-state index contributed by atoms with van der Waals surface area (Å²) < 4.78 is 0. The number of benzene rings is 1. The van der Waals surface area contributed by atoms with E-state index in [0.717, 1.165) is 12.0 Å². The Kier molecular flexibility index (Phi) is 11.2. The zero-order valence-corrected chi connectivity index (χ0v) is 10.4. The Morgan fingerprint density at radius 2 is 1.57 bits per heavy atom. The van der Waals surface area contributed by atoms with Gasteiger partial charge in [0.25, 0.3) is 0 Å². The molecule has 0 aliphatic heterocycles. The second-order valence-electron chi connectivity index (χ2n) is 2.47. The van der Waals surface area contributed by atoms with Crippen LogP contribution in [0.25, 0.3) is 0 Å². The van der Waals surface area contributed by atoms with Crippen LogP contribution in [0.3, 0.4) is 0 Å². The highest BCUT2D eigenvalue weighted by Crippen LogP contribution is 2.16. The molecule has 0 heterocycles. The second-order valence-corrected chi connectivity index (χ2v) is 2.47. The Morgan fingerprint density at radius 1 is 1.07 bits per heavy atom. The maximum Gasteiger partial charge on any atom is 0.118 e. The zero-order chi connectivity index (χ0) is 11.6. The van der Waals surface area contributed by atoms with Crippen molar-refractivity contribution in [1.29, 1.82) is 0 Å². The minimum Gasteiger partial charge on any atom is -0.508 e. The lowest BCUT2D eigenvalue weighted by molar-refractivity contribution is 0.471. The fraction of sp³-hybridized carbons (Fsp3) is 0.538. The molecule has 0 unspecified atom stereocenters. The highest BCUT2D eigenvalue weighted by molar-refractivity contribution is 5.34. The molecule has 14 heavy (non-hydrogen) atoms. The van der Waals surface area contributed by atoms with Crippen LogP contribution in [0.4, 0.5) is 0 Å². The lowest BCUT2D eigenvalue weighted by atomic mass is 10.1. The van der Waals surface area contributed by atoms with Gasteiger partial charge in [0.15, 0.2) is 0 Å². The number of hydrogen-bond acceptors (Lipinski definition) is 1. The maximum atomic E-state index is 9.14. The molecule has 0 aliphatic carbocycles. The van der Waals surface area contributed by atoms with Crippen molar-refractivity contribution in [3.05, 3.63) is 29.3 Å². The Morgan fingerprint density at radius 3 is 1.93 bits per heavy atom. The fourth-order valence-corrected chi connectivity index (χ4v) is 0.937. The summed E-state index contributed by atoms with van der Waals surface area (Å²) in [6, 6.07) is 5.70. The molecule has 1 N–H and O–H groups in total. The standard InChI is InChI=1S/C9H12O.2C2H6/c1-3-8-4-5-9(10)7(2)6-8;2*1-2/h4-6,10H,3H2,1-2H3;2*1-2H3. The normalized spacial score (nSPS) is 7.86. The summed E-state index contributed by atoms with van der Waals surface area (Å²) in [5, 5.41) is 9.14. The van der Waals surface area contributed by atoms with Gasteiger partial charge in [0, 0.05) is 0 Å². The van der Waals surface area contributed by atoms with Crippen LogP contribution in [0.5, 0.6) is 5.75 Å².